The average molecular weight is 150 g/mol. The number of rotatable bonds is 1. The van der Waals surface area contributed by atoms with Crippen molar-refractivity contribution in [3.8, 4) is 0 Å². The van der Waals surface area contributed by atoms with Crippen molar-refractivity contribution < 1.29 is 0 Å². The highest BCUT2D eigenvalue weighted by Crippen LogP contribution is 2.40. The van der Waals surface area contributed by atoms with E-state index in [1.54, 1.807) is 5.57 Å². The molecule has 0 aliphatic heterocycles. The second kappa shape index (κ2) is 3.25. The van der Waals surface area contributed by atoms with E-state index in [-0.39, 0.29) is 0 Å². The van der Waals surface area contributed by atoms with E-state index in [1.807, 2.05) is 0 Å². The van der Waals surface area contributed by atoms with Gasteiger partial charge >= 0.3 is 0 Å². The summed E-state index contributed by atoms with van der Waals surface area (Å²) in [4.78, 5) is 0. The number of allylic oxidation sites excluding steroid dienone is 4. The van der Waals surface area contributed by atoms with Crippen LogP contribution >= 0.6 is 0 Å². The molecule has 0 heterocycles. The second-order valence-electron chi connectivity index (χ2n) is 4.19. The summed E-state index contributed by atoms with van der Waals surface area (Å²) in [5.41, 5.74) is 2.18. The molecule has 0 unspecified atom stereocenters. The summed E-state index contributed by atoms with van der Waals surface area (Å²) >= 11 is 0. The van der Waals surface area contributed by atoms with Gasteiger partial charge in [0.15, 0.2) is 0 Å². The van der Waals surface area contributed by atoms with E-state index in [4.69, 9.17) is 0 Å². The van der Waals surface area contributed by atoms with Gasteiger partial charge in [-0.2, -0.15) is 0 Å². The van der Waals surface area contributed by atoms with Gasteiger partial charge in [0.2, 0.25) is 0 Å². The molecule has 0 bridgehead atoms. The largest absolute Gasteiger partial charge is 0.0877 e. The smallest absolute Gasteiger partial charge is 0.0265 e. The van der Waals surface area contributed by atoms with Crippen molar-refractivity contribution in [1.82, 2.24) is 0 Å². The molecule has 1 saturated carbocycles. The van der Waals surface area contributed by atoms with E-state index in [1.165, 1.54) is 19.3 Å². The van der Waals surface area contributed by atoms with Crippen molar-refractivity contribution in [1.29, 1.82) is 0 Å². The lowest BCUT2D eigenvalue weighted by Crippen LogP contribution is -2.02. The van der Waals surface area contributed by atoms with Gasteiger partial charge in [0.25, 0.3) is 0 Å². The standard InChI is InChI=1S/C11H18/c1-4-5-6-10-7-8-11(2,3)9-10/h4-6H,7-9H2,1-3H3/b5-4-,10-6-. The Balaban J connectivity index is 2.54. The maximum absolute atomic E-state index is 2.35. The fourth-order valence-corrected chi connectivity index (χ4v) is 1.66. The third kappa shape index (κ3) is 2.53. The Kier molecular flexibility index (Phi) is 2.53. The molecule has 0 spiro atoms. The highest BCUT2D eigenvalue weighted by Gasteiger charge is 2.25. The zero-order valence-corrected chi connectivity index (χ0v) is 7.85. The molecule has 0 aromatic heterocycles. The normalized spacial score (nSPS) is 27.0. The predicted octanol–water partition coefficient (Wildman–Crippen LogP) is 3.70. The minimum Gasteiger partial charge on any atom is -0.0877 e. The van der Waals surface area contributed by atoms with Crippen LogP contribution in [0, 0.1) is 5.41 Å². The van der Waals surface area contributed by atoms with Crippen LogP contribution in [0.25, 0.3) is 0 Å². The summed E-state index contributed by atoms with van der Waals surface area (Å²) in [7, 11) is 0. The summed E-state index contributed by atoms with van der Waals surface area (Å²) in [5, 5.41) is 0. The van der Waals surface area contributed by atoms with Gasteiger partial charge in [-0.15, -0.1) is 0 Å². The van der Waals surface area contributed by atoms with Gasteiger partial charge in [-0.25, -0.2) is 0 Å². The average Bonchev–Trinajstić information content (AvgIpc) is 2.26. The molecule has 1 rings (SSSR count). The van der Waals surface area contributed by atoms with Crippen molar-refractivity contribution in [2.24, 2.45) is 5.41 Å². The topological polar surface area (TPSA) is 0 Å². The van der Waals surface area contributed by atoms with E-state index in [2.05, 4.69) is 39.0 Å². The first kappa shape index (κ1) is 8.58. The molecule has 62 valence electrons. The van der Waals surface area contributed by atoms with Crippen LogP contribution in [-0.2, 0) is 0 Å². The second-order valence-corrected chi connectivity index (χ2v) is 4.19. The summed E-state index contributed by atoms with van der Waals surface area (Å²) in [6.45, 7) is 6.77. The minimum absolute atomic E-state index is 0.563. The molecule has 0 radical (unpaired) electrons. The van der Waals surface area contributed by atoms with Gasteiger partial charge in [-0.05, 0) is 31.6 Å². The first-order valence-electron chi connectivity index (χ1n) is 4.45. The third-order valence-corrected chi connectivity index (χ3v) is 2.35. The first-order valence-corrected chi connectivity index (χ1v) is 4.45. The number of hydrogen-bond acceptors (Lipinski definition) is 0. The zero-order chi connectivity index (χ0) is 8.32. The molecule has 1 aliphatic carbocycles. The highest BCUT2D eigenvalue weighted by molar-refractivity contribution is 5.17. The van der Waals surface area contributed by atoms with E-state index in [0.29, 0.717) is 5.41 Å². The van der Waals surface area contributed by atoms with Crippen molar-refractivity contribution in [2.45, 2.75) is 40.0 Å². The Labute approximate surface area is 70.0 Å². The van der Waals surface area contributed by atoms with Gasteiger partial charge in [0.1, 0.15) is 0 Å². The Morgan fingerprint density at radius 1 is 1.36 bits per heavy atom. The lowest BCUT2D eigenvalue weighted by Gasteiger charge is -2.14. The van der Waals surface area contributed by atoms with Crippen LogP contribution in [0.3, 0.4) is 0 Å². The van der Waals surface area contributed by atoms with Gasteiger partial charge in [-0.1, -0.05) is 37.6 Å². The monoisotopic (exact) mass is 150 g/mol. The van der Waals surface area contributed by atoms with Crippen LogP contribution in [0.15, 0.2) is 23.8 Å². The molecule has 1 fully saturated rings. The van der Waals surface area contributed by atoms with Crippen LogP contribution in [0.5, 0.6) is 0 Å². The molecule has 0 N–H and O–H groups in total. The van der Waals surface area contributed by atoms with Gasteiger partial charge < -0.3 is 0 Å². The lowest BCUT2D eigenvalue weighted by atomic mass is 9.92. The molecule has 1 aliphatic rings. The fraction of sp³-hybridized carbons (Fsp3) is 0.636. The van der Waals surface area contributed by atoms with Crippen LogP contribution in [0.1, 0.15) is 40.0 Å². The molecule has 0 atom stereocenters. The molecule has 0 aromatic rings. The first-order chi connectivity index (χ1) is 5.14. The highest BCUT2D eigenvalue weighted by atomic mass is 14.3. The predicted molar refractivity (Wildman–Crippen MR) is 50.5 cm³/mol. The maximum Gasteiger partial charge on any atom is -0.0265 e. The zero-order valence-electron chi connectivity index (χ0n) is 7.85. The summed E-state index contributed by atoms with van der Waals surface area (Å²) in [5.74, 6) is 0. The summed E-state index contributed by atoms with van der Waals surface area (Å²) in [6.07, 6.45) is 10.5. The molecular formula is C11H18. The molecular weight excluding hydrogens is 132 g/mol. The van der Waals surface area contributed by atoms with Gasteiger partial charge in [0, 0.05) is 0 Å². The van der Waals surface area contributed by atoms with E-state index in [9.17, 15) is 0 Å². The van der Waals surface area contributed by atoms with Crippen LogP contribution in [-0.4, -0.2) is 0 Å². The van der Waals surface area contributed by atoms with Crippen molar-refractivity contribution in [3.63, 3.8) is 0 Å². The molecule has 0 heteroatoms. The third-order valence-electron chi connectivity index (χ3n) is 2.35. The Morgan fingerprint density at radius 2 is 2.09 bits per heavy atom. The fourth-order valence-electron chi connectivity index (χ4n) is 1.66. The molecule has 0 saturated heterocycles. The van der Waals surface area contributed by atoms with Crippen LogP contribution in [0.4, 0.5) is 0 Å². The molecule has 11 heavy (non-hydrogen) atoms. The van der Waals surface area contributed by atoms with Gasteiger partial charge in [0.05, 0.1) is 0 Å². The maximum atomic E-state index is 2.35. The van der Waals surface area contributed by atoms with Gasteiger partial charge in [-0.3, -0.25) is 0 Å². The summed E-state index contributed by atoms with van der Waals surface area (Å²) < 4.78 is 0. The van der Waals surface area contributed by atoms with Crippen LogP contribution < -0.4 is 0 Å². The SMILES string of the molecule is C/C=C\C=C1\CCC(C)(C)C1. The lowest BCUT2D eigenvalue weighted by molar-refractivity contribution is 0.389. The van der Waals surface area contributed by atoms with Crippen molar-refractivity contribution in [3.05, 3.63) is 23.8 Å². The van der Waals surface area contributed by atoms with Crippen LogP contribution in [0.2, 0.25) is 0 Å². The van der Waals surface area contributed by atoms with Crippen molar-refractivity contribution >= 4 is 0 Å². The van der Waals surface area contributed by atoms with Crippen molar-refractivity contribution in [2.75, 3.05) is 0 Å². The van der Waals surface area contributed by atoms with E-state index < -0.39 is 0 Å². The number of hydrogen-bond donors (Lipinski definition) is 0. The Morgan fingerprint density at radius 3 is 2.55 bits per heavy atom. The van der Waals surface area contributed by atoms with E-state index >= 15 is 0 Å². The molecule has 0 aromatic carbocycles. The Hall–Kier alpha value is -0.520. The molecule has 0 nitrogen and oxygen atoms in total. The Bertz CT molecular complexity index is 182. The van der Waals surface area contributed by atoms with E-state index in [0.717, 1.165) is 0 Å². The minimum atomic E-state index is 0.563. The quantitative estimate of drug-likeness (QED) is 0.534. The summed E-state index contributed by atoms with van der Waals surface area (Å²) in [6, 6.07) is 0. The molecule has 0 amide bonds.